The van der Waals surface area contributed by atoms with Crippen LogP contribution in [0.2, 0.25) is 0 Å². The van der Waals surface area contributed by atoms with Crippen LogP contribution in [0.1, 0.15) is 0 Å². The monoisotopic (exact) mass is 446 g/mol. The number of thioether (sulfide) groups is 1. The predicted molar refractivity (Wildman–Crippen MR) is 126 cm³/mol. The van der Waals surface area contributed by atoms with Crippen molar-refractivity contribution in [2.45, 2.75) is 5.16 Å². The third-order valence-electron chi connectivity index (χ3n) is 4.68. The lowest BCUT2D eigenvalue weighted by molar-refractivity contribution is -0.113. The van der Waals surface area contributed by atoms with Crippen LogP contribution >= 0.6 is 11.8 Å². The van der Waals surface area contributed by atoms with E-state index < -0.39 is 0 Å². The molecule has 0 radical (unpaired) electrons. The van der Waals surface area contributed by atoms with E-state index in [2.05, 4.69) is 15.5 Å². The van der Waals surface area contributed by atoms with Gasteiger partial charge in [-0.25, -0.2) is 0 Å². The summed E-state index contributed by atoms with van der Waals surface area (Å²) in [6, 6.07) is 24.7. The standard InChI is InChI=1S/C24H22N4O3S/c1-30-19-12-8-9-17(15-19)25-22(29)16-32-24-27-26-23(20-13-6-7-14-21(20)31-2)28(24)18-10-4-3-5-11-18/h3-15H,16H2,1-2H3,(H,25,29). The van der Waals surface area contributed by atoms with E-state index in [-0.39, 0.29) is 11.7 Å². The molecule has 0 aliphatic heterocycles. The highest BCUT2D eigenvalue weighted by molar-refractivity contribution is 7.99. The molecule has 7 nitrogen and oxygen atoms in total. The number of amides is 1. The van der Waals surface area contributed by atoms with Gasteiger partial charge in [-0.15, -0.1) is 10.2 Å². The Kier molecular flexibility index (Phi) is 6.72. The minimum atomic E-state index is -0.148. The summed E-state index contributed by atoms with van der Waals surface area (Å²) in [5.41, 5.74) is 2.39. The number of ether oxygens (including phenoxy) is 2. The lowest BCUT2D eigenvalue weighted by Gasteiger charge is -2.12. The Balaban J connectivity index is 1.60. The second kappa shape index (κ2) is 10.0. The summed E-state index contributed by atoms with van der Waals surface area (Å²) in [6.07, 6.45) is 0. The molecule has 0 saturated carbocycles. The number of nitrogens with zero attached hydrogens (tertiary/aromatic N) is 3. The first kappa shape index (κ1) is 21.5. The van der Waals surface area contributed by atoms with Crippen LogP contribution in [0.4, 0.5) is 5.69 Å². The Morgan fingerprint density at radius 1 is 0.938 bits per heavy atom. The molecule has 1 aromatic heterocycles. The highest BCUT2D eigenvalue weighted by Crippen LogP contribution is 2.33. The van der Waals surface area contributed by atoms with E-state index in [1.807, 2.05) is 77.4 Å². The summed E-state index contributed by atoms with van der Waals surface area (Å²) in [6.45, 7) is 0. The van der Waals surface area contributed by atoms with Crippen molar-refractivity contribution in [2.75, 3.05) is 25.3 Å². The Hall–Kier alpha value is -3.78. The van der Waals surface area contributed by atoms with Gasteiger partial charge in [0.25, 0.3) is 0 Å². The van der Waals surface area contributed by atoms with Gasteiger partial charge in [0, 0.05) is 17.4 Å². The quantitative estimate of drug-likeness (QED) is 0.396. The first-order chi connectivity index (χ1) is 15.7. The Morgan fingerprint density at radius 2 is 1.72 bits per heavy atom. The second-order valence-electron chi connectivity index (χ2n) is 6.75. The summed E-state index contributed by atoms with van der Waals surface area (Å²) in [5.74, 6) is 2.05. The van der Waals surface area contributed by atoms with Crippen LogP contribution in [0.5, 0.6) is 11.5 Å². The molecular formula is C24H22N4O3S. The van der Waals surface area contributed by atoms with Crippen molar-refractivity contribution in [2.24, 2.45) is 0 Å². The zero-order valence-electron chi connectivity index (χ0n) is 17.7. The fraction of sp³-hybridized carbons (Fsp3) is 0.125. The normalized spacial score (nSPS) is 10.6. The lowest BCUT2D eigenvalue weighted by atomic mass is 10.2. The van der Waals surface area contributed by atoms with Crippen molar-refractivity contribution in [3.8, 4) is 28.6 Å². The Morgan fingerprint density at radius 3 is 2.50 bits per heavy atom. The highest BCUT2D eigenvalue weighted by atomic mass is 32.2. The molecule has 0 spiro atoms. The van der Waals surface area contributed by atoms with Gasteiger partial charge < -0.3 is 14.8 Å². The minimum absolute atomic E-state index is 0.148. The molecule has 8 heteroatoms. The van der Waals surface area contributed by atoms with Gasteiger partial charge in [-0.05, 0) is 36.4 Å². The van der Waals surface area contributed by atoms with Crippen molar-refractivity contribution < 1.29 is 14.3 Å². The van der Waals surface area contributed by atoms with Gasteiger partial charge in [0.1, 0.15) is 11.5 Å². The molecule has 32 heavy (non-hydrogen) atoms. The molecule has 0 saturated heterocycles. The first-order valence-electron chi connectivity index (χ1n) is 9.90. The van der Waals surface area contributed by atoms with Gasteiger partial charge in [-0.3, -0.25) is 9.36 Å². The summed E-state index contributed by atoms with van der Waals surface area (Å²) >= 11 is 1.31. The summed E-state index contributed by atoms with van der Waals surface area (Å²) < 4.78 is 12.7. The van der Waals surface area contributed by atoms with Crippen LogP contribution in [0.15, 0.2) is 84.0 Å². The second-order valence-corrected chi connectivity index (χ2v) is 7.69. The number of hydrogen-bond donors (Lipinski definition) is 1. The van der Waals surface area contributed by atoms with Gasteiger partial charge >= 0.3 is 0 Å². The number of nitrogens with one attached hydrogen (secondary N) is 1. The number of anilines is 1. The van der Waals surface area contributed by atoms with Crippen LogP contribution in [0, 0.1) is 0 Å². The molecule has 0 aliphatic rings. The molecule has 1 N–H and O–H groups in total. The van der Waals surface area contributed by atoms with E-state index in [1.165, 1.54) is 11.8 Å². The predicted octanol–water partition coefficient (Wildman–Crippen LogP) is 4.68. The van der Waals surface area contributed by atoms with Crippen LogP contribution in [-0.2, 0) is 4.79 Å². The number of benzene rings is 3. The maximum atomic E-state index is 12.6. The van der Waals surface area contributed by atoms with Gasteiger partial charge in [0.05, 0.1) is 25.5 Å². The zero-order chi connectivity index (χ0) is 22.3. The first-order valence-corrected chi connectivity index (χ1v) is 10.9. The number of para-hydroxylation sites is 2. The van der Waals surface area contributed by atoms with Crippen molar-refractivity contribution in [1.29, 1.82) is 0 Å². The summed E-state index contributed by atoms with van der Waals surface area (Å²) in [7, 11) is 3.22. The smallest absolute Gasteiger partial charge is 0.234 e. The topological polar surface area (TPSA) is 78.3 Å². The van der Waals surface area contributed by atoms with Crippen molar-refractivity contribution in [1.82, 2.24) is 14.8 Å². The molecule has 0 bridgehead atoms. The number of carbonyl (C=O) groups is 1. The molecule has 3 aromatic carbocycles. The van der Waals surface area contributed by atoms with Crippen LogP contribution in [0.25, 0.3) is 17.1 Å². The number of methoxy groups -OCH3 is 2. The molecule has 0 atom stereocenters. The molecule has 162 valence electrons. The molecule has 1 heterocycles. The Bertz CT molecular complexity index is 1210. The van der Waals surface area contributed by atoms with E-state index >= 15 is 0 Å². The van der Waals surface area contributed by atoms with E-state index in [9.17, 15) is 4.79 Å². The molecule has 0 fully saturated rings. The lowest BCUT2D eigenvalue weighted by Crippen LogP contribution is -2.14. The molecule has 0 unspecified atom stereocenters. The van der Waals surface area contributed by atoms with E-state index in [0.29, 0.717) is 28.2 Å². The Labute approximate surface area is 190 Å². The average molecular weight is 447 g/mol. The highest BCUT2D eigenvalue weighted by Gasteiger charge is 2.19. The number of rotatable bonds is 8. The van der Waals surface area contributed by atoms with Crippen molar-refractivity contribution in [3.63, 3.8) is 0 Å². The third kappa shape index (κ3) is 4.76. The van der Waals surface area contributed by atoms with Crippen LogP contribution < -0.4 is 14.8 Å². The van der Waals surface area contributed by atoms with Crippen LogP contribution in [0.3, 0.4) is 0 Å². The average Bonchev–Trinajstić information content (AvgIpc) is 3.27. The van der Waals surface area contributed by atoms with E-state index in [4.69, 9.17) is 9.47 Å². The number of hydrogen-bond acceptors (Lipinski definition) is 6. The fourth-order valence-corrected chi connectivity index (χ4v) is 3.96. The van der Waals surface area contributed by atoms with Gasteiger partial charge in [-0.2, -0.15) is 0 Å². The number of aromatic nitrogens is 3. The molecule has 4 rings (SSSR count). The SMILES string of the molecule is COc1cccc(NC(=O)CSc2nnc(-c3ccccc3OC)n2-c2ccccc2)c1. The van der Waals surface area contributed by atoms with E-state index in [1.54, 1.807) is 20.3 Å². The van der Waals surface area contributed by atoms with Gasteiger partial charge in [-0.1, -0.05) is 48.2 Å². The largest absolute Gasteiger partial charge is 0.497 e. The summed E-state index contributed by atoms with van der Waals surface area (Å²) in [4.78, 5) is 12.6. The van der Waals surface area contributed by atoms with Crippen molar-refractivity contribution in [3.05, 3.63) is 78.9 Å². The summed E-state index contributed by atoms with van der Waals surface area (Å²) in [5, 5.41) is 12.3. The fourth-order valence-electron chi connectivity index (χ4n) is 3.21. The third-order valence-corrected chi connectivity index (χ3v) is 5.61. The van der Waals surface area contributed by atoms with Crippen molar-refractivity contribution >= 4 is 23.4 Å². The zero-order valence-corrected chi connectivity index (χ0v) is 18.5. The van der Waals surface area contributed by atoms with Gasteiger partial charge in [0.15, 0.2) is 11.0 Å². The maximum absolute atomic E-state index is 12.6. The molecule has 4 aromatic rings. The van der Waals surface area contributed by atoms with Crippen LogP contribution in [-0.4, -0.2) is 40.6 Å². The maximum Gasteiger partial charge on any atom is 0.234 e. The molecule has 1 amide bonds. The van der Waals surface area contributed by atoms with Gasteiger partial charge in [0.2, 0.25) is 5.91 Å². The van der Waals surface area contributed by atoms with E-state index in [0.717, 1.165) is 11.3 Å². The minimum Gasteiger partial charge on any atom is -0.497 e. The molecule has 0 aliphatic carbocycles. The molecular weight excluding hydrogens is 424 g/mol. The number of carbonyl (C=O) groups excluding carboxylic acids is 1.